The Kier molecular flexibility index (Phi) is 3.85. The molecule has 1 N–H and O–H groups in total. The van der Waals surface area contributed by atoms with Crippen LogP contribution in [0, 0.1) is 6.92 Å². The zero-order valence-corrected chi connectivity index (χ0v) is 12.9. The lowest BCUT2D eigenvalue weighted by molar-refractivity contribution is 0.675. The summed E-state index contributed by atoms with van der Waals surface area (Å²) in [6, 6.07) is 12.5. The minimum absolute atomic E-state index is 0.803. The van der Waals surface area contributed by atoms with Crippen LogP contribution >= 0.6 is 15.9 Å². The first-order valence-corrected chi connectivity index (χ1v) is 7.40. The van der Waals surface area contributed by atoms with Crippen molar-refractivity contribution in [1.29, 1.82) is 0 Å². The molecule has 1 aromatic carbocycles. The van der Waals surface area contributed by atoms with E-state index >= 15 is 0 Å². The normalized spacial score (nSPS) is 11.1. The van der Waals surface area contributed by atoms with Gasteiger partial charge in [0, 0.05) is 23.8 Å². The number of nitrogens with one attached hydrogen (secondary N) is 1. The van der Waals surface area contributed by atoms with Crippen molar-refractivity contribution in [2.24, 2.45) is 0 Å². The molecule has 2 heterocycles. The lowest BCUT2D eigenvalue weighted by Gasteiger charge is -2.06. The molecule has 102 valence electrons. The molecule has 0 aliphatic heterocycles. The summed E-state index contributed by atoms with van der Waals surface area (Å²) < 4.78 is 3.26. The van der Waals surface area contributed by atoms with Crippen LogP contribution in [0.4, 0.5) is 0 Å². The number of hydrogen-bond donors (Lipinski definition) is 1. The molecule has 0 atom stereocenters. The van der Waals surface area contributed by atoms with E-state index in [0.29, 0.717) is 0 Å². The Hall–Kier alpha value is -1.65. The highest BCUT2D eigenvalue weighted by atomic mass is 79.9. The van der Waals surface area contributed by atoms with Gasteiger partial charge in [-0.3, -0.25) is 0 Å². The minimum atomic E-state index is 0.803. The fourth-order valence-corrected chi connectivity index (χ4v) is 2.76. The van der Waals surface area contributed by atoms with Crippen LogP contribution in [-0.2, 0) is 13.1 Å². The van der Waals surface area contributed by atoms with Crippen LogP contribution < -0.4 is 5.32 Å². The van der Waals surface area contributed by atoms with Crippen molar-refractivity contribution in [3.05, 3.63) is 70.1 Å². The summed E-state index contributed by atoms with van der Waals surface area (Å²) in [6.07, 6.45) is 4.00. The molecule has 0 spiro atoms. The highest BCUT2D eigenvalue weighted by molar-refractivity contribution is 9.10. The van der Waals surface area contributed by atoms with Gasteiger partial charge in [0.25, 0.3) is 0 Å². The van der Waals surface area contributed by atoms with Gasteiger partial charge in [-0.1, -0.05) is 34.1 Å². The lowest BCUT2D eigenvalue weighted by atomic mass is 10.2. The molecule has 3 rings (SSSR count). The molecule has 0 aliphatic carbocycles. The largest absolute Gasteiger partial charge is 0.307 e. The number of rotatable bonds is 4. The summed E-state index contributed by atoms with van der Waals surface area (Å²) in [7, 11) is 0. The molecule has 0 saturated carbocycles. The third-order valence-corrected chi connectivity index (χ3v) is 3.83. The van der Waals surface area contributed by atoms with Crippen molar-refractivity contribution in [2.75, 3.05) is 0 Å². The first-order chi connectivity index (χ1) is 9.74. The van der Waals surface area contributed by atoms with E-state index in [9.17, 15) is 0 Å². The average molecular weight is 330 g/mol. The lowest BCUT2D eigenvalue weighted by Crippen LogP contribution is -2.14. The van der Waals surface area contributed by atoms with Gasteiger partial charge in [-0.25, -0.2) is 4.98 Å². The van der Waals surface area contributed by atoms with Crippen LogP contribution in [0.25, 0.3) is 5.65 Å². The Bertz CT molecular complexity index is 733. The highest BCUT2D eigenvalue weighted by Crippen LogP contribution is 2.13. The van der Waals surface area contributed by atoms with E-state index in [1.165, 1.54) is 16.8 Å². The molecule has 0 amide bonds. The van der Waals surface area contributed by atoms with Crippen LogP contribution in [0.2, 0.25) is 0 Å². The Morgan fingerprint density at radius 1 is 1.20 bits per heavy atom. The SMILES string of the molecule is Cc1cccn2c(CNCc3cccc(Br)c3)cnc12. The van der Waals surface area contributed by atoms with Crippen LogP contribution in [-0.4, -0.2) is 9.38 Å². The quantitative estimate of drug-likeness (QED) is 0.790. The average Bonchev–Trinajstić information content (AvgIpc) is 2.84. The van der Waals surface area contributed by atoms with Gasteiger partial charge in [-0.15, -0.1) is 0 Å². The molecule has 0 radical (unpaired) electrons. The molecule has 3 nitrogen and oxygen atoms in total. The number of aryl methyl sites for hydroxylation is 1. The van der Waals surface area contributed by atoms with Crippen molar-refractivity contribution in [3.8, 4) is 0 Å². The van der Waals surface area contributed by atoms with E-state index in [0.717, 1.165) is 23.2 Å². The molecule has 2 aromatic heterocycles. The number of nitrogens with zero attached hydrogens (tertiary/aromatic N) is 2. The fourth-order valence-electron chi connectivity index (χ4n) is 2.31. The van der Waals surface area contributed by atoms with Gasteiger partial charge >= 0.3 is 0 Å². The fraction of sp³-hybridized carbons (Fsp3) is 0.188. The molecule has 0 unspecified atom stereocenters. The number of aromatic nitrogens is 2. The zero-order chi connectivity index (χ0) is 13.9. The molecule has 0 aliphatic rings. The van der Waals surface area contributed by atoms with Gasteiger partial charge < -0.3 is 9.72 Å². The first-order valence-electron chi connectivity index (χ1n) is 6.61. The van der Waals surface area contributed by atoms with Crippen molar-refractivity contribution >= 4 is 21.6 Å². The third-order valence-electron chi connectivity index (χ3n) is 3.33. The number of fused-ring (bicyclic) bond motifs is 1. The Balaban J connectivity index is 1.70. The van der Waals surface area contributed by atoms with Crippen molar-refractivity contribution < 1.29 is 0 Å². The smallest absolute Gasteiger partial charge is 0.139 e. The second kappa shape index (κ2) is 5.77. The second-order valence-electron chi connectivity index (χ2n) is 4.87. The Labute approximate surface area is 126 Å². The van der Waals surface area contributed by atoms with Crippen LogP contribution in [0.15, 0.2) is 53.3 Å². The van der Waals surface area contributed by atoms with Crippen molar-refractivity contribution in [1.82, 2.24) is 14.7 Å². The minimum Gasteiger partial charge on any atom is -0.307 e. The maximum Gasteiger partial charge on any atom is 0.139 e. The first kappa shape index (κ1) is 13.3. The maximum atomic E-state index is 4.47. The number of benzene rings is 1. The topological polar surface area (TPSA) is 29.3 Å². The van der Waals surface area contributed by atoms with Gasteiger partial charge in [-0.05, 0) is 36.2 Å². The van der Waals surface area contributed by atoms with Crippen LogP contribution in [0.1, 0.15) is 16.8 Å². The molecule has 0 fully saturated rings. The molecule has 4 heteroatoms. The number of imidazole rings is 1. The molecular weight excluding hydrogens is 314 g/mol. The summed E-state index contributed by atoms with van der Waals surface area (Å²) in [5.41, 5.74) is 4.68. The molecule has 0 saturated heterocycles. The van der Waals surface area contributed by atoms with Crippen molar-refractivity contribution in [3.63, 3.8) is 0 Å². The molecule has 20 heavy (non-hydrogen) atoms. The number of hydrogen-bond acceptors (Lipinski definition) is 2. The maximum absolute atomic E-state index is 4.47. The van der Waals surface area contributed by atoms with E-state index in [1.54, 1.807) is 0 Å². The predicted octanol–water partition coefficient (Wildman–Crippen LogP) is 3.70. The summed E-state index contributed by atoms with van der Waals surface area (Å²) in [5, 5.41) is 3.46. The zero-order valence-electron chi connectivity index (χ0n) is 11.3. The third kappa shape index (κ3) is 2.76. The van der Waals surface area contributed by atoms with E-state index in [2.05, 4.69) is 74.1 Å². The number of pyridine rings is 1. The standard InChI is InChI=1S/C16H16BrN3/c1-12-4-3-7-20-15(11-19-16(12)20)10-18-9-13-5-2-6-14(17)8-13/h2-8,11,18H,9-10H2,1H3. The molecule has 0 bridgehead atoms. The Morgan fingerprint density at radius 2 is 2.10 bits per heavy atom. The van der Waals surface area contributed by atoms with Gasteiger partial charge in [0.2, 0.25) is 0 Å². The van der Waals surface area contributed by atoms with Gasteiger partial charge in [0.1, 0.15) is 5.65 Å². The van der Waals surface area contributed by atoms with E-state index in [1.807, 2.05) is 12.3 Å². The summed E-state index contributed by atoms with van der Waals surface area (Å²) >= 11 is 3.49. The van der Waals surface area contributed by atoms with E-state index in [-0.39, 0.29) is 0 Å². The van der Waals surface area contributed by atoms with E-state index < -0.39 is 0 Å². The van der Waals surface area contributed by atoms with Crippen LogP contribution in [0.5, 0.6) is 0 Å². The monoisotopic (exact) mass is 329 g/mol. The predicted molar refractivity (Wildman–Crippen MR) is 84.6 cm³/mol. The van der Waals surface area contributed by atoms with Gasteiger partial charge in [0.15, 0.2) is 0 Å². The van der Waals surface area contributed by atoms with Gasteiger partial charge in [-0.2, -0.15) is 0 Å². The Morgan fingerprint density at radius 3 is 2.95 bits per heavy atom. The molecular formula is C16H16BrN3. The summed E-state index contributed by atoms with van der Waals surface area (Å²) in [5.74, 6) is 0. The summed E-state index contributed by atoms with van der Waals surface area (Å²) in [4.78, 5) is 4.47. The second-order valence-corrected chi connectivity index (χ2v) is 5.78. The van der Waals surface area contributed by atoms with E-state index in [4.69, 9.17) is 0 Å². The summed E-state index contributed by atoms with van der Waals surface area (Å²) in [6.45, 7) is 3.73. The highest BCUT2D eigenvalue weighted by Gasteiger charge is 2.04. The van der Waals surface area contributed by atoms with Gasteiger partial charge in [0.05, 0.1) is 11.9 Å². The van der Waals surface area contributed by atoms with Crippen LogP contribution in [0.3, 0.4) is 0 Å². The van der Waals surface area contributed by atoms with Crippen molar-refractivity contribution in [2.45, 2.75) is 20.0 Å². The number of halogens is 1. The molecule has 3 aromatic rings.